The van der Waals surface area contributed by atoms with Crippen LogP contribution in [0.15, 0.2) is 92.0 Å². The van der Waals surface area contributed by atoms with E-state index in [0.29, 0.717) is 72.7 Å². The molecule has 17 nitrogen and oxygen atoms in total. The summed E-state index contributed by atoms with van der Waals surface area (Å²) < 4.78 is 146. The molecule has 2 heterocycles. The van der Waals surface area contributed by atoms with Crippen molar-refractivity contribution in [2.45, 2.75) is 96.3 Å². The van der Waals surface area contributed by atoms with E-state index >= 15 is 0 Å². The third kappa shape index (κ3) is 8.61. The lowest BCUT2D eigenvalue weighted by atomic mass is 9.76. The van der Waals surface area contributed by atoms with Crippen molar-refractivity contribution in [3.05, 3.63) is 83.6 Å². The van der Waals surface area contributed by atoms with Crippen LogP contribution >= 0.6 is 0 Å². The number of carboxylic acids is 1. The largest absolute Gasteiger partial charge is 0.481 e. The zero-order valence-electron chi connectivity index (χ0n) is 34.4. The number of rotatable bonds is 16. The number of carboxylic acid groups (broad SMARTS) is 1. The summed E-state index contributed by atoms with van der Waals surface area (Å²) in [6.45, 7) is 8.53. The molecule has 0 amide bonds. The quantitative estimate of drug-likeness (QED) is 0.0603. The molecular formula is C41H48N2O15S4. The topological polar surface area (TPSA) is 270 Å². The Morgan fingerprint density at radius 2 is 1.26 bits per heavy atom. The van der Waals surface area contributed by atoms with E-state index in [2.05, 4.69) is 0 Å². The van der Waals surface area contributed by atoms with Crippen LogP contribution in [0.3, 0.4) is 0 Å². The minimum absolute atomic E-state index is 0.00564. The van der Waals surface area contributed by atoms with Gasteiger partial charge in [0.1, 0.15) is 9.79 Å². The summed E-state index contributed by atoms with van der Waals surface area (Å²) in [5.41, 5.74) is 1.04. The van der Waals surface area contributed by atoms with E-state index in [9.17, 15) is 61.8 Å². The molecule has 0 radical (unpaired) electrons. The zero-order chi connectivity index (χ0) is 46.0. The molecule has 0 saturated heterocycles. The van der Waals surface area contributed by atoms with Gasteiger partial charge in [0.25, 0.3) is 40.5 Å². The van der Waals surface area contributed by atoms with Crippen molar-refractivity contribution in [3.8, 4) is 0 Å². The lowest BCUT2D eigenvalue weighted by Gasteiger charge is -2.32. The number of hydrogen-bond acceptors (Lipinski definition) is 12. The molecule has 0 aromatic heterocycles. The number of ether oxygens (including phenoxy) is 1. The number of methoxy groups -OCH3 is 1. The SMILES string of the molecule is CCN1c2ccc3c(S(=O)(=O)O)cc(S(=O)(=O)O)cc3c2C(C)(C)C1C=CC=C1N(CCCCCC(=O)O)c2ccc3c(S(=O)(=O)O)cc(S(=O)(=O)O)cc3c2C1(C)CCOC. The maximum absolute atomic E-state index is 12.7. The maximum atomic E-state index is 12.7. The first kappa shape index (κ1) is 47.0. The highest BCUT2D eigenvalue weighted by atomic mass is 32.2. The van der Waals surface area contributed by atoms with Gasteiger partial charge in [0.05, 0.1) is 15.8 Å². The summed E-state index contributed by atoms with van der Waals surface area (Å²) in [4.78, 5) is 12.4. The molecule has 21 heteroatoms. The van der Waals surface area contributed by atoms with E-state index in [1.807, 2.05) is 55.7 Å². The van der Waals surface area contributed by atoms with Gasteiger partial charge in [0, 0.05) is 71.9 Å². The Kier molecular flexibility index (Phi) is 12.6. The molecule has 4 aromatic rings. The lowest BCUT2D eigenvalue weighted by molar-refractivity contribution is -0.137. The number of aliphatic carboxylic acids is 1. The van der Waals surface area contributed by atoms with Gasteiger partial charge in [-0.3, -0.25) is 23.0 Å². The van der Waals surface area contributed by atoms with Gasteiger partial charge in [-0.1, -0.05) is 44.6 Å². The van der Waals surface area contributed by atoms with Crippen LogP contribution in [0.4, 0.5) is 11.4 Å². The molecule has 4 aromatic carbocycles. The number of allylic oxidation sites excluding steroid dienone is 3. The summed E-state index contributed by atoms with van der Waals surface area (Å²) >= 11 is 0. The fourth-order valence-electron chi connectivity index (χ4n) is 9.18. The van der Waals surface area contributed by atoms with E-state index in [0.717, 1.165) is 6.07 Å². The van der Waals surface area contributed by atoms with Gasteiger partial charge in [-0.25, -0.2) is 0 Å². The van der Waals surface area contributed by atoms with Crippen LogP contribution in [0.5, 0.6) is 0 Å². The molecule has 0 bridgehead atoms. The number of hydrogen-bond donors (Lipinski definition) is 5. The van der Waals surface area contributed by atoms with E-state index < -0.39 is 82.9 Å². The number of carbonyl (C=O) groups is 1. The summed E-state index contributed by atoms with van der Waals surface area (Å²) in [5, 5.41) is 9.62. The average molecular weight is 937 g/mol. The van der Waals surface area contributed by atoms with Crippen LogP contribution in [0, 0.1) is 0 Å². The molecule has 2 atom stereocenters. The Morgan fingerprint density at radius 1 is 0.726 bits per heavy atom. The first-order valence-electron chi connectivity index (χ1n) is 19.4. The zero-order valence-corrected chi connectivity index (χ0v) is 37.7. The van der Waals surface area contributed by atoms with Crippen molar-refractivity contribution < 1.29 is 66.5 Å². The highest BCUT2D eigenvalue weighted by Gasteiger charge is 2.46. The van der Waals surface area contributed by atoms with E-state index in [1.54, 1.807) is 12.1 Å². The minimum Gasteiger partial charge on any atom is -0.481 e. The fraction of sp³-hybridized carbons (Fsp3) is 0.390. The molecule has 2 aliphatic rings. The Labute approximate surface area is 360 Å². The third-order valence-corrected chi connectivity index (χ3v) is 15.4. The number of benzene rings is 4. The maximum Gasteiger partial charge on any atom is 0.303 e. The molecule has 0 spiro atoms. The van der Waals surface area contributed by atoms with Crippen LogP contribution in [0.25, 0.3) is 21.5 Å². The number of likely N-dealkylation sites (N-methyl/N-ethyl adjacent to an activating group) is 1. The van der Waals surface area contributed by atoms with Crippen LogP contribution in [0.1, 0.15) is 70.9 Å². The summed E-state index contributed by atoms with van der Waals surface area (Å²) in [6.07, 6.45) is 7.28. The second kappa shape index (κ2) is 16.6. The Bertz CT molecular complexity index is 3020. The third-order valence-electron chi connectivity index (χ3n) is 11.9. The highest BCUT2D eigenvalue weighted by Crippen LogP contribution is 2.54. The smallest absolute Gasteiger partial charge is 0.303 e. The second-order valence-corrected chi connectivity index (χ2v) is 21.8. The standard InChI is InChI=1S/C41H48N2O15S4/c1-6-42-31-16-14-27-29(21-25(59(46,47)48)23-33(27)61(52,53)54)38(31)40(2,3)35(42)11-10-12-36-41(4,18-20-58-5)39-30-22-26(60(49,50)51)24-34(62(55,56)57)28(30)15-17-32(39)43(36)19-9-7-8-13-37(44)45/h10-12,14-17,21-24,35H,6-9,13,18-20H2,1-5H3,(H,44,45)(H,46,47,48)(H,49,50,51)(H,52,53,54)(H,55,56,57). The summed E-state index contributed by atoms with van der Waals surface area (Å²) in [5.74, 6) is -0.936. The number of nitrogens with zero attached hydrogens (tertiary/aromatic N) is 2. The number of anilines is 2. The number of fused-ring (bicyclic) bond motifs is 6. The van der Waals surface area contributed by atoms with E-state index in [-0.39, 0.29) is 41.0 Å². The van der Waals surface area contributed by atoms with Gasteiger partial charge in [-0.05, 0) is 97.5 Å². The first-order valence-corrected chi connectivity index (χ1v) is 25.2. The molecule has 0 aliphatic carbocycles. The molecule has 6 rings (SSSR count). The average Bonchev–Trinajstić information content (AvgIpc) is 3.53. The first-order chi connectivity index (χ1) is 28.7. The van der Waals surface area contributed by atoms with Crippen molar-refractivity contribution in [2.24, 2.45) is 0 Å². The number of unbranched alkanes of at least 4 members (excludes halogenated alkanes) is 2. The van der Waals surface area contributed by atoms with E-state index in [4.69, 9.17) is 4.74 Å². The van der Waals surface area contributed by atoms with Gasteiger partial charge >= 0.3 is 5.97 Å². The van der Waals surface area contributed by atoms with Gasteiger partial charge in [-0.2, -0.15) is 33.7 Å². The van der Waals surface area contributed by atoms with Gasteiger partial charge in [0.2, 0.25) is 0 Å². The van der Waals surface area contributed by atoms with Crippen molar-refractivity contribution in [1.29, 1.82) is 0 Å². The molecule has 2 unspecified atom stereocenters. The van der Waals surface area contributed by atoms with Crippen LogP contribution in [-0.4, -0.2) is 95.8 Å². The van der Waals surface area contributed by atoms with E-state index in [1.165, 1.54) is 25.3 Å². The van der Waals surface area contributed by atoms with Crippen molar-refractivity contribution in [1.82, 2.24) is 0 Å². The molecule has 2 aliphatic heterocycles. The Morgan fingerprint density at radius 3 is 1.74 bits per heavy atom. The Balaban J connectivity index is 1.56. The molecular weight excluding hydrogens is 889 g/mol. The van der Waals surface area contributed by atoms with Crippen molar-refractivity contribution >= 4 is 79.4 Å². The van der Waals surface area contributed by atoms with Gasteiger partial charge in [-0.15, -0.1) is 0 Å². The fourth-order valence-corrected chi connectivity index (χ4v) is 11.9. The molecule has 0 fully saturated rings. The normalized spacial score (nSPS) is 19.9. The van der Waals surface area contributed by atoms with Crippen molar-refractivity contribution in [2.75, 3.05) is 36.6 Å². The van der Waals surface area contributed by atoms with Crippen LogP contribution < -0.4 is 9.80 Å². The summed E-state index contributed by atoms with van der Waals surface area (Å²) in [6, 6.07) is 9.54. The predicted molar refractivity (Wildman–Crippen MR) is 232 cm³/mol. The second-order valence-electron chi connectivity index (χ2n) is 16.2. The monoisotopic (exact) mass is 936 g/mol. The summed E-state index contributed by atoms with van der Waals surface area (Å²) in [7, 11) is -18.4. The lowest BCUT2D eigenvalue weighted by Crippen LogP contribution is -2.39. The molecule has 0 saturated carbocycles. The van der Waals surface area contributed by atoms with Crippen LogP contribution in [0.2, 0.25) is 0 Å². The molecule has 5 N–H and O–H groups in total. The minimum atomic E-state index is -5.01. The highest BCUT2D eigenvalue weighted by molar-refractivity contribution is 7.87. The Hall–Kier alpha value is -4.45. The predicted octanol–water partition coefficient (Wildman–Crippen LogP) is 6.37. The molecule has 62 heavy (non-hydrogen) atoms. The molecule has 336 valence electrons. The van der Waals surface area contributed by atoms with Gasteiger partial charge in [0.15, 0.2) is 0 Å². The van der Waals surface area contributed by atoms with Crippen molar-refractivity contribution in [3.63, 3.8) is 0 Å². The van der Waals surface area contributed by atoms with Gasteiger partial charge < -0.3 is 19.6 Å². The van der Waals surface area contributed by atoms with Crippen LogP contribution in [-0.2, 0) is 60.8 Å².